The Bertz CT molecular complexity index is 360. The second-order valence-corrected chi connectivity index (χ2v) is 6.34. The maximum absolute atomic E-state index is 6.26. The molecule has 0 bridgehead atoms. The zero-order valence-corrected chi connectivity index (χ0v) is 12.0. The van der Waals surface area contributed by atoms with Gasteiger partial charge < -0.3 is 14.9 Å². The van der Waals surface area contributed by atoms with Gasteiger partial charge in [-0.05, 0) is 38.3 Å². The van der Waals surface area contributed by atoms with Gasteiger partial charge in [0, 0.05) is 24.5 Å². The number of nitrogens with two attached hydrogens (primary N) is 1. The van der Waals surface area contributed by atoms with E-state index in [1.807, 2.05) is 24.8 Å². The molecular weight excluding hydrogens is 246 g/mol. The molecule has 1 aromatic heterocycles. The Hall–Kier alpha value is -0.450. The maximum atomic E-state index is 6.26. The SMILES string of the molecule is CCC(N)C(SC1CCOCC1)c1ccc(C)o1. The van der Waals surface area contributed by atoms with Crippen molar-refractivity contribution in [2.45, 2.75) is 49.7 Å². The monoisotopic (exact) mass is 269 g/mol. The molecule has 0 saturated carbocycles. The number of rotatable bonds is 5. The van der Waals surface area contributed by atoms with Crippen LogP contribution in [-0.4, -0.2) is 24.5 Å². The van der Waals surface area contributed by atoms with Crippen LogP contribution in [0.2, 0.25) is 0 Å². The van der Waals surface area contributed by atoms with Gasteiger partial charge in [-0.1, -0.05) is 6.92 Å². The molecule has 4 heteroatoms. The first-order valence-corrected chi connectivity index (χ1v) is 7.70. The fourth-order valence-corrected chi connectivity index (χ4v) is 3.75. The van der Waals surface area contributed by atoms with Crippen LogP contribution in [0.3, 0.4) is 0 Å². The van der Waals surface area contributed by atoms with Crippen molar-refractivity contribution >= 4 is 11.8 Å². The van der Waals surface area contributed by atoms with E-state index in [1.165, 1.54) is 0 Å². The van der Waals surface area contributed by atoms with Crippen LogP contribution in [0.5, 0.6) is 0 Å². The van der Waals surface area contributed by atoms with Gasteiger partial charge in [0.05, 0.1) is 5.25 Å². The molecular formula is C14H23NO2S. The van der Waals surface area contributed by atoms with Crippen molar-refractivity contribution < 1.29 is 9.15 Å². The summed E-state index contributed by atoms with van der Waals surface area (Å²) in [5.74, 6) is 1.99. The summed E-state index contributed by atoms with van der Waals surface area (Å²) in [4.78, 5) is 0. The van der Waals surface area contributed by atoms with Gasteiger partial charge in [-0.2, -0.15) is 0 Å². The molecule has 1 saturated heterocycles. The van der Waals surface area contributed by atoms with Crippen LogP contribution >= 0.6 is 11.8 Å². The van der Waals surface area contributed by atoms with Crippen molar-refractivity contribution in [2.24, 2.45) is 5.73 Å². The summed E-state index contributed by atoms with van der Waals surface area (Å²) in [5, 5.41) is 0.915. The van der Waals surface area contributed by atoms with Crippen LogP contribution in [0, 0.1) is 6.92 Å². The number of furan rings is 1. The predicted octanol–water partition coefficient (Wildman–Crippen LogP) is 3.28. The Morgan fingerprint density at radius 3 is 2.67 bits per heavy atom. The van der Waals surface area contributed by atoms with Crippen molar-refractivity contribution in [1.29, 1.82) is 0 Å². The lowest BCUT2D eigenvalue weighted by molar-refractivity contribution is 0.0998. The van der Waals surface area contributed by atoms with E-state index < -0.39 is 0 Å². The van der Waals surface area contributed by atoms with E-state index in [1.54, 1.807) is 0 Å². The highest BCUT2D eigenvalue weighted by atomic mass is 32.2. The van der Waals surface area contributed by atoms with Crippen molar-refractivity contribution in [3.05, 3.63) is 23.7 Å². The first-order valence-electron chi connectivity index (χ1n) is 6.75. The second kappa shape index (κ2) is 6.64. The zero-order valence-electron chi connectivity index (χ0n) is 11.2. The Morgan fingerprint density at radius 2 is 2.11 bits per heavy atom. The standard InChI is InChI=1S/C14H23NO2S/c1-3-12(15)14(13-5-4-10(2)17-13)18-11-6-8-16-9-7-11/h4-5,11-12,14H,3,6-9,15H2,1-2H3. The minimum atomic E-state index is 0.156. The van der Waals surface area contributed by atoms with E-state index in [-0.39, 0.29) is 11.3 Å². The van der Waals surface area contributed by atoms with Crippen molar-refractivity contribution in [3.63, 3.8) is 0 Å². The van der Waals surface area contributed by atoms with E-state index >= 15 is 0 Å². The summed E-state index contributed by atoms with van der Waals surface area (Å²) in [6, 6.07) is 4.25. The van der Waals surface area contributed by atoms with Crippen LogP contribution in [0.1, 0.15) is 43.0 Å². The highest BCUT2D eigenvalue weighted by Crippen LogP contribution is 2.39. The molecule has 18 heavy (non-hydrogen) atoms. The molecule has 1 aromatic rings. The summed E-state index contributed by atoms with van der Waals surface area (Å²) < 4.78 is 11.2. The highest BCUT2D eigenvalue weighted by Gasteiger charge is 2.27. The average Bonchev–Trinajstić information content (AvgIpc) is 2.83. The molecule has 2 heterocycles. The lowest BCUT2D eigenvalue weighted by Crippen LogP contribution is -2.28. The smallest absolute Gasteiger partial charge is 0.118 e. The minimum Gasteiger partial charge on any atom is -0.465 e. The summed E-state index contributed by atoms with van der Waals surface area (Å²) in [6.45, 7) is 5.88. The molecule has 0 radical (unpaired) electrons. The number of ether oxygens (including phenoxy) is 1. The molecule has 1 aliphatic rings. The van der Waals surface area contributed by atoms with Crippen molar-refractivity contribution in [3.8, 4) is 0 Å². The van der Waals surface area contributed by atoms with Gasteiger partial charge in [0.1, 0.15) is 11.5 Å². The summed E-state index contributed by atoms with van der Waals surface area (Å²) in [6.07, 6.45) is 3.22. The molecule has 1 fully saturated rings. The van der Waals surface area contributed by atoms with Gasteiger partial charge >= 0.3 is 0 Å². The minimum absolute atomic E-state index is 0.156. The lowest BCUT2D eigenvalue weighted by Gasteiger charge is -2.28. The Labute approximate surface area is 113 Å². The largest absolute Gasteiger partial charge is 0.465 e. The summed E-state index contributed by atoms with van der Waals surface area (Å²) in [7, 11) is 0. The van der Waals surface area contributed by atoms with Crippen molar-refractivity contribution in [1.82, 2.24) is 0 Å². The summed E-state index contributed by atoms with van der Waals surface area (Å²) >= 11 is 1.97. The number of hydrogen-bond donors (Lipinski definition) is 1. The summed E-state index contributed by atoms with van der Waals surface area (Å²) in [5.41, 5.74) is 6.26. The van der Waals surface area contributed by atoms with E-state index in [0.29, 0.717) is 5.25 Å². The Morgan fingerprint density at radius 1 is 1.39 bits per heavy atom. The number of hydrogen-bond acceptors (Lipinski definition) is 4. The Kier molecular flexibility index (Phi) is 5.15. The third-order valence-electron chi connectivity index (χ3n) is 3.41. The molecule has 1 aliphatic heterocycles. The molecule has 0 aliphatic carbocycles. The predicted molar refractivity (Wildman–Crippen MR) is 75.9 cm³/mol. The fraction of sp³-hybridized carbons (Fsp3) is 0.714. The van der Waals surface area contributed by atoms with Gasteiger partial charge in [0.2, 0.25) is 0 Å². The van der Waals surface area contributed by atoms with Gasteiger partial charge in [-0.3, -0.25) is 0 Å². The molecule has 0 spiro atoms. The highest BCUT2D eigenvalue weighted by molar-refractivity contribution is 8.00. The van der Waals surface area contributed by atoms with E-state index in [0.717, 1.165) is 44.0 Å². The normalized spacial score (nSPS) is 20.8. The van der Waals surface area contributed by atoms with E-state index in [4.69, 9.17) is 14.9 Å². The molecule has 2 atom stereocenters. The van der Waals surface area contributed by atoms with Crippen molar-refractivity contribution in [2.75, 3.05) is 13.2 Å². The maximum Gasteiger partial charge on any atom is 0.118 e. The van der Waals surface area contributed by atoms with E-state index in [2.05, 4.69) is 13.0 Å². The van der Waals surface area contributed by atoms with Crippen LogP contribution in [0.25, 0.3) is 0 Å². The van der Waals surface area contributed by atoms with Crippen LogP contribution in [0.4, 0.5) is 0 Å². The fourth-order valence-electron chi connectivity index (χ4n) is 2.22. The van der Waals surface area contributed by atoms with Crippen LogP contribution in [0.15, 0.2) is 16.5 Å². The molecule has 0 aromatic carbocycles. The van der Waals surface area contributed by atoms with Gasteiger partial charge in [0.15, 0.2) is 0 Å². The first kappa shape index (κ1) is 14.0. The van der Waals surface area contributed by atoms with Gasteiger partial charge in [-0.15, -0.1) is 11.8 Å². The van der Waals surface area contributed by atoms with Crippen LogP contribution in [-0.2, 0) is 4.74 Å². The molecule has 102 valence electrons. The molecule has 3 nitrogen and oxygen atoms in total. The Balaban J connectivity index is 2.04. The molecule has 0 amide bonds. The number of aryl methyl sites for hydroxylation is 1. The third kappa shape index (κ3) is 3.53. The molecule has 2 unspecified atom stereocenters. The third-order valence-corrected chi connectivity index (χ3v) is 5.14. The topological polar surface area (TPSA) is 48.4 Å². The quantitative estimate of drug-likeness (QED) is 0.891. The molecule has 2 rings (SSSR count). The lowest BCUT2D eigenvalue weighted by atomic mass is 10.1. The first-order chi connectivity index (χ1) is 8.70. The van der Waals surface area contributed by atoms with E-state index in [9.17, 15) is 0 Å². The molecule has 2 N–H and O–H groups in total. The zero-order chi connectivity index (χ0) is 13.0. The average molecular weight is 269 g/mol. The van der Waals surface area contributed by atoms with Gasteiger partial charge in [-0.25, -0.2) is 0 Å². The van der Waals surface area contributed by atoms with Gasteiger partial charge in [0.25, 0.3) is 0 Å². The second-order valence-electron chi connectivity index (χ2n) is 4.89. The van der Waals surface area contributed by atoms with Crippen LogP contribution < -0.4 is 5.73 Å². The number of thioether (sulfide) groups is 1.